The summed E-state index contributed by atoms with van der Waals surface area (Å²) in [5, 5.41) is 0. The number of unbranched alkanes of at least 4 members (excludes halogenated alkanes) is 9. The van der Waals surface area contributed by atoms with E-state index < -0.39 is 10.1 Å². The lowest BCUT2D eigenvalue weighted by atomic mass is 10.1. The first-order valence-corrected chi connectivity index (χ1v) is 13.1. The van der Waals surface area contributed by atoms with Crippen LogP contribution in [-0.4, -0.2) is 95.1 Å². The molecule has 0 rings (SSSR count). The highest BCUT2D eigenvalue weighted by atomic mass is 32.2. The summed E-state index contributed by atoms with van der Waals surface area (Å²) in [5.41, 5.74) is 0. The molecule has 0 atom stereocenters. The SMILES string of the molecule is COC(=O)C[N+](C)(C)CCCCCCCCCCCC[N+](C)(C)CCCS(=O)(=O)O. The lowest BCUT2D eigenvalue weighted by Crippen LogP contribution is -2.44. The average Bonchev–Trinajstić information content (AvgIpc) is 2.60. The molecule has 0 aliphatic carbocycles. The van der Waals surface area contributed by atoms with Crippen LogP contribution < -0.4 is 0 Å². The molecule has 0 amide bonds. The van der Waals surface area contributed by atoms with Crippen LogP contribution in [0, 0.1) is 0 Å². The lowest BCUT2D eigenvalue weighted by molar-refractivity contribution is -0.890. The average molecular weight is 453 g/mol. The Hall–Kier alpha value is -0.700. The standard InChI is InChI=1S/C22H47N2O5S/c1-23(2,19-16-20-30(26,27)28)17-14-12-10-8-6-7-9-11-13-15-18-24(3,4)21-22(25)29-5/h6-21H2,1-5H3/q+1/p+1. The normalized spacial score (nSPS) is 12.9. The van der Waals surface area contributed by atoms with Gasteiger partial charge in [0.1, 0.15) is 0 Å². The Balaban J connectivity index is 3.53. The predicted molar refractivity (Wildman–Crippen MR) is 123 cm³/mol. The van der Waals surface area contributed by atoms with E-state index in [1.54, 1.807) is 0 Å². The highest BCUT2D eigenvalue weighted by Crippen LogP contribution is 2.13. The number of ether oxygens (including phenoxy) is 1. The predicted octanol–water partition coefficient (Wildman–Crippen LogP) is 3.49. The maximum Gasteiger partial charge on any atom is 0.361 e. The largest absolute Gasteiger partial charge is 0.465 e. The van der Waals surface area contributed by atoms with E-state index >= 15 is 0 Å². The van der Waals surface area contributed by atoms with Crippen LogP contribution in [0.2, 0.25) is 0 Å². The van der Waals surface area contributed by atoms with Crippen molar-refractivity contribution in [2.24, 2.45) is 0 Å². The van der Waals surface area contributed by atoms with Gasteiger partial charge in [0.2, 0.25) is 0 Å². The molecule has 0 aromatic carbocycles. The van der Waals surface area contributed by atoms with Gasteiger partial charge in [0.25, 0.3) is 10.1 Å². The van der Waals surface area contributed by atoms with Crippen molar-refractivity contribution in [3.63, 3.8) is 0 Å². The van der Waals surface area contributed by atoms with E-state index in [0.717, 1.165) is 30.5 Å². The Morgan fingerprint density at radius 1 is 0.700 bits per heavy atom. The summed E-state index contributed by atoms with van der Waals surface area (Å²) >= 11 is 0. The molecule has 0 saturated heterocycles. The number of carbonyl (C=O) groups is 1. The van der Waals surface area contributed by atoms with E-state index in [1.165, 1.54) is 64.9 Å². The number of carbonyl (C=O) groups excluding carboxylic acids is 1. The molecule has 180 valence electrons. The summed E-state index contributed by atoms with van der Waals surface area (Å²) in [4.78, 5) is 11.4. The van der Waals surface area contributed by atoms with Gasteiger partial charge < -0.3 is 13.7 Å². The monoisotopic (exact) mass is 452 g/mol. The van der Waals surface area contributed by atoms with Crippen molar-refractivity contribution in [1.29, 1.82) is 0 Å². The number of methoxy groups -OCH3 is 1. The summed E-state index contributed by atoms with van der Waals surface area (Å²) in [6.07, 6.45) is 13.0. The zero-order valence-electron chi connectivity index (χ0n) is 20.2. The molecule has 0 aromatic heterocycles. The third-order valence-electron chi connectivity index (χ3n) is 5.73. The van der Waals surface area contributed by atoms with Gasteiger partial charge in [-0.2, -0.15) is 8.42 Å². The van der Waals surface area contributed by atoms with Crippen molar-refractivity contribution >= 4 is 16.1 Å². The molecule has 0 saturated carbocycles. The fourth-order valence-electron chi connectivity index (χ4n) is 3.77. The second-order valence-corrected chi connectivity index (χ2v) is 11.5. The Kier molecular flexibility index (Phi) is 14.8. The van der Waals surface area contributed by atoms with Crippen LogP contribution in [0.15, 0.2) is 0 Å². The molecule has 0 fully saturated rings. The van der Waals surface area contributed by atoms with Crippen LogP contribution in [0.5, 0.6) is 0 Å². The van der Waals surface area contributed by atoms with E-state index in [1.807, 2.05) is 0 Å². The van der Waals surface area contributed by atoms with Crippen molar-refractivity contribution in [2.45, 2.75) is 70.6 Å². The third kappa shape index (κ3) is 19.3. The number of likely N-dealkylation sites (N-methyl/N-ethyl adjacent to an activating group) is 1. The van der Waals surface area contributed by atoms with Gasteiger partial charge in [0.15, 0.2) is 6.54 Å². The summed E-state index contributed by atoms with van der Waals surface area (Å²) < 4.78 is 36.7. The first-order chi connectivity index (χ1) is 13.9. The second kappa shape index (κ2) is 15.2. The molecule has 8 heteroatoms. The van der Waals surface area contributed by atoms with Gasteiger partial charge in [-0.25, -0.2) is 4.79 Å². The first-order valence-electron chi connectivity index (χ1n) is 11.5. The zero-order valence-corrected chi connectivity index (χ0v) is 21.0. The van der Waals surface area contributed by atoms with E-state index in [4.69, 9.17) is 9.29 Å². The zero-order chi connectivity index (χ0) is 23.1. The smallest absolute Gasteiger partial charge is 0.361 e. The molecule has 0 bridgehead atoms. The van der Waals surface area contributed by atoms with E-state index in [9.17, 15) is 13.2 Å². The van der Waals surface area contributed by atoms with Crippen molar-refractivity contribution in [1.82, 2.24) is 0 Å². The molecule has 0 radical (unpaired) electrons. The number of hydrogen-bond donors (Lipinski definition) is 1. The Morgan fingerprint density at radius 3 is 1.47 bits per heavy atom. The minimum Gasteiger partial charge on any atom is -0.465 e. The molecule has 0 heterocycles. The van der Waals surface area contributed by atoms with E-state index in [0.29, 0.717) is 17.4 Å². The highest BCUT2D eigenvalue weighted by Gasteiger charge is 2.19. The molecule has 7 nitrogen and oxygen atoms in total. The lowest BCUT2D eigenvalue weighted by Gasteiger charge is -2.29. The molecule has 0 spiro atoms. The van der Waals surface area contributed by atoms with Gasteiger partial charge in [0.05, 0.1) is 60.7 Å². The first kappa shape index (κ1) is 29.3. The Labute approximate surface area is 185 Å². The van der Waals surface area contributed by atoms with Crippen molar-refractivity contribution in [3.05, 3.63) is 0 Å². The topological polar surface area (TPSA) is 80.7 Å². The minimum atomic E-state index is -3.83. The highest BCUT2D eigenvalue weighted by molar-refractivity contribution is 7.85. The third-order valence-corrected chi connectivity index (χ3v) is 6.53. The number of rotatable bonds is 19. The van der Waals surface area contributed by atoms with Gasteiger partial charge >= 0.3 is 5.97 Å². The van der Waals surface area contributed by atoms with Crippen LogP contribution in [0.1, 0.15) is 70.6 Å². The summed E-state index contributed by atoms with van der Waals surface area (Å²) in [5.74, 6) is -0.279. The van der Waals surface area contributed by atoms with Crippen molar-refractivity contribution in [2.75, 3.05) is 67.2 Å². The van der Waals surface area contributed by atoms with Gasteiger partial charge in [0, 0.05) is 6.42 Å². The van der Waals surface area contributed by atoms with E-state index in [2.05, 4.69) is 28.2 Å². The molecule has 0 aliphatic heterocycles. The van der Waals surface area contributed by atoms with Crippen LogP contribution in [0.25, 0.3) is 0 Å². The van der Waals surface area contributed by atoms with Gasteiger partial charge in [-0.05, 0) is 25.7 Å². The molecule has 0 unspecified atom stereocenters. The van der Waals surface area contributed by atoms with Crippen molar-refractivity contribution in [3.8, 4) is 0 Å². The molecule has 0 aromatic rings. The maximum atomic E-state index is 11.4. The number of quaternary nitrogens is 2. The van der Waals surface area contributed by atoms with Crippen LogP contribution in [0.3, 0.4) is 0 Å². The number of hydrogen-bond acceptors (Lipinski definition) is 4. The van der Waals surface area contributed by atoms with Gasteiger partial charge in [-0.15, -0.1) is 0 Å². The van der Waals surface area contributed by atoms with Gasteiger partial charge in [-0.3, -0.25) is 4.55 Å². The fraction of sp³-hybridized carbons (Fsp3) is 0.955. The Bertz CT molecular complexity index is 562. The fourth-order valence-corrected chi connectivity index (χ4v) is 4.27. The molecule has 0 aliphatic rings. The Morgan fingerprint density at radius 2 is 1.07 bits per heavy atom. The summed E-state index contributed by atoms with van der Waals surface area (Å²) in [7, 11) is 6.02. The van der Waals surface area contributed by atoms with Gasteiger partial charge in [-0.1, -0.05) is 38.5 Å². The van der Waals surface area contributed by atoms with Crippen molar-refractivity contribution < 1.29 is 31.5 Å². The summed E-state index contributed by atoms with van der Waals surface area (Å²) in [6.45, 7) is 3.28. The second-order valence-electron chi connectivity index (χ2n) is 9.95. The minimum absolute atomic E-state index is 0.139. The van der Waals surface area contributed by atoms with E-state index in [-0.39, 0.29) is 11.7 Å². The number of nitrogens with zero attached hydrogens (tertiary/aromatic N) is 2. The van der Waals surface area contributed by atoms with Crippen LogP contribution >= 0.6 is 0 Å². The number of esters is 1. The molecular weight excluding hydrogens is 404 g/mol. The molecule has 1 N–H and O–H groups in total. The quantitative estimate of drug-likeness (QED) is 0.140. The maximum absolute atomic E-state index is 11.4. The molecule has 30 heavy (non-hydrogen) atoms. The summed E-state index contributed by atoms with van der Waals surface area (Å²) in [6, 6.07) is 0. The van der Waals surface area contributed by atoms with Crippen LogP contribution in [-0.2, 0) is 19.6 Å². The molecular formula is C22H48N2O5S+2. The van der Waals surface area contributed by atoms with Crippen LogP contribution in [0.4, 0.5) is 0 Å².